The van der Waals surface area contributed by atoms with Gasteiger partial charge in [-0.1, -0.05) is 45.8 Å². The van der Waals surface area contributed by atoms with E-state index in [-0.39, 0.29) is 5.78 Å². The van der Waals surface area contributed by atoms with Gasteiger partial charge in [-0.25, -0.2) is 0 Å². The zero-order valence-electron chi connectivity index (χ0n) is 9.42. The number of carbonyl (C=O) groups is 1. The summed E-state index contributed by atoms with van der Waals surface area (Å²) in [6, 6.07) is 0. The van der Waals surface area contributed by atoms with Crippen LogP contribution in [0.15, 0.2) is 23.8 Å². The van der Waals surface area contributed by atoms with Crippen LogP contribution in [0.25, 0.3) is 0 Å². The van der Waals surface area contributed by atoms with Crippen molar-refractivity contribution in [3.05, 3.63) is 23.8 Å². The molecule has 1 unspecified atom stereocenters. The normalized spacial score (nSPS) is 24.1. The van der Waals surface area contributed by atoms with E-state index in [9.17, 15) is 4.79 Å². The lowest BCUT2D eigenvalue weighted by atomic mass is 9.93. The fourth-order valence-electron chi connectivity index (χ4n) is 1.83. The van der Waals surface area contributed by atoms with Gasteiger partial charge in [-0.05, 0) is 18.4 Å². The standard InChI is InChI=1S/C13H20O/c1-4-5-6-11-7-8-13(14)12(11)9-10(2)3/h7-11H,4-6H2,1-3H3. The fourth-order valence-corrected chi connectivity index (χ4v) is 1.83. The minimum absolute atomic E-state index is 0.222. The van der Waals surface area contributed by atoms with Crippen molar-refractivity contribution in [1.29, 1.82) is 0 Å². The first-order valence-electron chi connectivity index (χ1n) is 5.59. The molecule has 0 N–H and O–H groups in total. The number of allylic oxidation sites excluding steroid dienone is 4. The highest BCUT2D eigenvalue weighted by Crippen LogP contribution is 2.27. The zero-order valence-corrected chi connectivity index (χ0v) is 9.42. The van der Waals surface area contributed by atoms with E-state index in [0.717, 1.165) is 12.0 Å². The Morgan fingerprint density at radius 1 is 1.50 bits per heavy atom. The molecule has 14 heavy (non-hydrogen) atoms. The van der Waals surface area contributed by atoms with Crippen LogP contribution in [0, 0.1) is 11.8 Å². The van der Waals surface area contributed by atoms with E-state index in [1.54, 1.807) is 6.08 Å². The number of hydrogen-bond donors (Lipinski definition) is 0. The highest BCUT2D eigenvalue weighted by atomic mass is 16.1. The molecule has 0 bridgehead atoms. The molecule has 78 valence electrons. The number of unbranched alkanes of at least 4 members (excludes halogenated alkanes) is 1. The topological polar surface area (TPSA) is 17.1 Å². The molecule has 1 heteroatoms. The summed E-state index contributed by atoms with van der Waals surface area (Å²) >= 11 is 0. The van der Waals surface area contributed by atoms with E-state index >= 15 is 0 Å². The summed E-state index contributed by atoms with van der Waals surface area (Å²) in [5.41, 5.74) is 1.02. The molecule has 0 amide bonds. The van der Waals surface area contributed by atoms with E-state index in [4.69, 9.17) is 0 Å². The minimum atomic E-state index is 0.222. The maximum atomic E-state index is 11.5. The summed E-state index contributed by atoms with van der Waals surface area (Å²) in [6.07, 6.45) is 9.44. The highest BCUT2D eigenvalue weighted by molar-refractivity contribution is 6.07. The van der Waals surface area contributed by atoms with Gasteiger partial charge in [-0.3, -0.25) is 4.79 Å². The molecule has 0 saturated heterocycles. The number of rotatable bonds is 4. The smallest absolute Gasteiger partial charge is 0.181 e. The molecule has 0 radical (unpaired) electrons. The molecular weight excluding hydrogens is 172 g/mol. The molecule has 1 aliphatic rings. The van der Waals surface area contributed by atoms with Crippen LogP contribution in [-0.2, 0) is 4.79 Å². The second kappa shape index (κ2) is 5.14. The highest BCUT2D eigenvalue weighted by Gasteiger charge is 2.22. The Morgan fingerprint density at radius 2 is 2.21 bits per heavy atom. The zero-order chi connectivity index (χ0) is 10.6. The van der Waals surface area contributed by atoms with E-state index in [1.807, 2.05) is 0 Å². The van der Waals surface area contributed by atoms with Crippen molar-refractivity contribution in [3.63, 3.8) is 0 Å². The van der Waals surface area contributed by atoms with Crippen LogP contribution in [0.2, 0.25) is 0 Å². The van der Waals surface area contributed by atoms with Crippen LogP contribution in [0.1, 0.15) is 40.0 Å². The summed E-state index contributed by atoms with van der Waals surface area (Å²) in [5.74, 6) is 1.09. The van der Waals surface area contributed by atoms with Crippen LogP contribution in [0.3, 0.4) is 0 Å². The molecular formula is C13H20O. The Morgan fingerprint density at radius 3 is 2.79 bits per heavy atom. The van der Waals surface area contributed by atoms with E-state index in [2.05, 4.69) is 32.9 Å². The molecule has 0 heterocycles. The Balaban J connectivity index is 2.66. The van der Waals surface area contributed by atoms with Gasteiger partial charge in [0.05, 0.1) is 0 Å². The monoisotopic (exact) mass is 192 g/mol. The molecule has 1 aliphatic carbocycles. The predicted molar refractivity (Wildman–Crippen MR) is 60.1 cm³/mol. The molecule has 1 nitrogen and oxygen atoms in total. The van der Waals surface area contributed by atoms with Gasteiger partial charge in [-0.2, -0.15) is 0 Å². The average Bonchev–Trinajstić information content (AvgIpc) is 2.45. The maximum absolute atomic E-state index is 11.5. The van der Waals surface area contributed by atoms with E-state index < -0.39 is 0 Å². The maximum Gasteiger partial charge on any atom is 0.181 e. The molecule has 1 rings (SSSR count). The van der Waals surface area contributed by atoms with Gasteiger partial charge in [0.2, 0.25) is 0 Å². The molecule has 0 saturated carbocycles. The summed E-state index contributed by atoms with van der Waals surface area (Å²) in [4.78, 5) is 11.5. The molecule has 0 aromatic heterocycles. The quantitative estimate of drug-likeness (QED) is 0.623. The van der Waals surface area contributed by atoms with Crippen LogP contribution >= 0.6 is 0 Å². The van der Waals surface area contributed by atoms with Crippen LogP contribution < -0.4 is 0 Å². The summed E-state index contributed by atoms with van der Waals surface area (Å²) < 4.78 is 0. The third kappa shape index (κ3) is 2.83. The van der Waals surface area contributed by atoms with Crippen LogP contribution in [0.4, 0.5) is 0 Å². The Kier molecular flexibility index (Phi) is 4.12. The van der Waals surface area contributed by atoms with Crippen molar-refractivity contribution in [2.45, 2.75) is 40.0 Å². The lowest BCUT2D eigenvalue weighted by Gasteiger charge is -2.10. The molecule has 0 aromatic carbocycles. The van der Waals surface area contributed by atoms with Crippen molar-refractivity contribution in [1.82, 2.24) is 0 Å². The number of hydrogen-bond acceptors (Lipinski definition) is 1. The van der Waals surface area contributed by atoms with Gasteiger partial charge >= 0.3 is 0 Å². The first-order chi connectivity index (χ1) is 6.65. The van der Waals surface area contributed by atoms with Gasteiger partial charge in [0.1, 0.15) is 0 Å². The third-order valence-electron chi connectivity index (χ3n) is 2.55. The second-order valence-corrected chi connectivity index (χ2v) is 4.34. The summed E-state index contributed by atoms with van der Waals surface area (Å²) in [6.45, 7) is 6.43. The van der Waals surface area contributed by atoms with Gasteiger partial charge in [0.25, 0.3) is 0 Å². The Labute approximate surface area is 86.9 Å². The molecule has 0 aromatic rings. The molecule has 0 fully saturated rings. The largest absolute Gasteiger partial charge is 0.290 e. The minimum Gasteiger partial charge on any atom is -0.290 e. The number of carbonyl (C=O) groups excluding carboxylic acids is 1. The van der Waals surface area contributed by atoms with Crippen molar-refractivity contribution >= 4 is 5.78 Å². The van der Waals surface area contributed by atoms with Crippen LogP contribution in [0.5, 0.6) is 0 Å². The third-order valence-corrected chi connectivity index (χ3v) is 2.55. The fraction of sp³-hybridized carbons (Fsp3) is 0.615. The Hall–Kier alpha value is -0.850. The van der Waals surface area contributed by atoms with Gasteiger partial charge in [0, 0.05) is 11.5 Å². The van der Waals surface area contributed by atoms with Gasteiger partial charge in [-0.15, -0.1) is 0 Å². The average molecular weight is 192 g/mol. The SMILES string of the molecule is CCCCC1C=CC(=O)C1=CC(C)C. The number of ketones is 1. The lowest BCUT2D eigenvalue weighted by Crippen LogP contribution is -2.04. The van der Waals surface area contributed by atoms with Crippen molar-refractivity contribution in [2.75, 3.05) is 0 Å². The first kappa shape index (κ1) is 11.2. The molecule has 0 aliphatic heterocycles. The molecule has 1 atom stereocenters. The molecule has 0 spiro atoms. The van der Waals surface area contributed by atoms with Gasteiger partial charge in [0.15, 0.2) is 5.78 Å². The van der Waals surface area contributed by atoms with Crippen LogP contribution in [-0.4, -0.2) is 5.78 Å². The van der Waals surface area contributed by atoms with E-state index in [1.165, 1.54) is 12.8 Å². The van der Waals surface area contributed by atoms with Crippen molar-refractivity contribution < 1.29 is 4.79 Å². The predicted octanol–water partition coefficient (Wildman–Crippen LogP) is 3.51. The lowest BCUT2D eigenvalue weighted by molar-refractivity contribution is -0.111. The first-order valence-corrected chi connectivity index (χ1v) is 5.59. The van der Waals surface area contributed by atoms with Crippen molar-refractivity contribution in [3.8, 4) is 0 Å². The van der Waals surface area contributed by atoms with E-state index in [0.29, 0.717) is 11.8 Å². The summed E-state index contributed by atoms with van der Waals surface area (Å²) in [5, 5.41) is 0. The van der Waals surface area contributed by atoms with Crippen molar-refractivity contribution in [2.24, 2.45) is 11.8 Å². The second-order valence-electron chi connectivity index (χ2n) is 4.34. The summed E-state index contributed by atoms with van der Waals surface area (Å²) in [7, 11) is 0. The Bertz CT molecular complexity index is 258. The van der Waals surface area contributed by atoms with Gasteiger partial charge < -0.3 is 0 Å².